The topological polar surface area (TPSA) is 55.0 Å². The minimum atomic E-state index is 0.141. The predicted molar refractivity (Wildman–Crippen MR) is 125 cm³/mol. The molecule has 3 aliphatic heterocycles. The quantitative estimate of drug-likeness (QED) is 0.597. The maximum absolute atomic E-state index is 6.55. The third-order valence-corrected chi connectivity index (χ3v) is 6.90. The summed E-state index contributed by atoms with van der Waals surface area (Å²) in [6.07, 6.45) is 9.91. The lowest BCUT2D eigenvalue weighted by molar-refractivity contribution is 0.172. The van der Waals surface area contributed by atoms with E-state index < -0.39 is 0 Å². The number of nitrogens with zero attached hydrogens (tertiary/aromatic N) is 7. The molecular formula is C24H26ClN7. The first kappa shape index (κ1) is 19.8. The molecule has 5 heterocycles. The first-order valence-electron chi connectivity index (χ1n) is 11.1. The number of fused-ring (bicyclic) bond motifs is 3. The summed E-state index contributed by atoms with van der Waals surface area (Å²) in [4.78, 5) is 4.89. The number of likely N-dealkylation sites (tertiary alicyclic amines) is 1. The van der Waals surface area contributed by atoms with Crippen LogP contribution in [0.4, 0.5) is 0 Å². The van der Waals surface area contributed by atoms with Crippen molar-refractivity contribution in [2.75, 3.05) is 13.1 Å². The second-order valence-electron chi connectivity index (χ2n) is 8.97. The van der Waals surface area contributed by atoms with Gasteiger partial charge in [0.2, 0.25) is 0 Å². The molecular weight excluding hydrogens is 422 g/mol. The van der Waals surface area contributed by atoms with Crippen LogP contribution in [-0.4, -0.2) is 53.5 Å². The summed E-state index contributed by atoms with van der Waals surface area (Å²) in [5.41, 5.74) is 4.61. The molecule has 164 valence electrons. The second-order valence-corrected chi connectivity index (χ2v) is 9.40. The molecule has 0 bridgehead atoms. The fourth-order valence-corrected chi connectivity index (χ4v) is 5.35. The third kappa shape index (κ3) is 3.36. The molecule has 2 unspecified atom stereocenters. The Morgan fingerprint density at radius 1 is 1.06 bits per heavy atom. The maximum Gasteiger partial charge on any atom is 0.157 e. The van der Waals surface area contributed by atoms with Gasteiger partial charge >= 0.3 is 0 Å². The van der Waals surface area contributed by atoms with Crippen LogP contribution in [-0.2, 0) is 20.1 Å². The van der Waals surface area contributed by atoms with Crippen LogP contribution in [0.2, 0.25) is 5.02 Å². The molecule has 2 aromatic heterocycles. The van der Waals surface area contributed by atoms with E-state index in [1.54, 1.807) is 0 Å². The van der Waals surface area contributed by atoms with Crippen molar-refractivity contribution in [1.82, 2.24) is 34.3 Å². The second kappa shape index (κ2) is 7.60. The van der Waals surface area contributed by atoms with Crippen molar-refractivity contribution in [2.24, 2.45) is 7.05 Å². The Kier molecular flexibility index (Phi) is 4.69. The lowest BCUT2D eigenvalue weighted by Gasteiger charge is -2.33. The van der Waals surface area contributed by atoms with Gasteiger partial charge in [0.25, 0.3) is 0 Å². The zero-order valence-corrected chi connectivity index (χ0v) is 19.1. The summed E-state index contributed by atoms with van der Waals surface area (Å²) in [6.45, 7) is 6.10. The van der Waals surface area contributed by atoms with Gasteiger partial charge in [-0.1, -0.05) is 23.7 Å². The first-order valence-corrected chi connectivity index (χ1v) is 11.5. The van der Waals surface area contributed by atoms with Gasteiger partial charge in [0, 0.05) is 31.4 Å². The van der Waals surface area contributed by atoms with E-state index in [1.807, 2.05) is 24.9 Å². The first-order chi connectivity index (χ1) is 15.5. The Balaban J connectivity index is 1.37. The van der Waals surface area contributed by atoms with Crippen molar-refractivity contribution in [3.05, 3.63) is 76.1 Å². The van der Waals surface area contributed by atoms with Gasteiger partial charge in [-0.05, 0) is 67.9 Å². The lowest BCUT2D eigenvalue weighted by Crippen LogP contribution is -2.36. The SMILES string of the molecule is Cc1nnc2n1C1C=C(c3ccn(C)n3)N(Cc3cc(Cl)cc(CN4CCC4)c3)C1C=C2. The lowest BCUT2D eigenvalue weighted by atomic mass is 10.0. The highest BCUT2D eigenvalue weighted by molar-refractivity contribution is 6.30. The smallest absolute Gasteiger partial charge is 0.157 e. The Bertz CT molecular complexity index is 1230. The molecule has 0 saturated carbocycles. The van der Waals surface area contributed by atoms with Crippen LogP contribution in [0.5, 0.6) is 0 Å². The molecule has 2 atom stereocenters. The van der Waals surface area contributed by atoms with E-state index in [9.17, 15) is 0 Å². The average molecular weight is 448 g/mol. The minimum absolute atomic E-state index is 0.141. The van der Waals surface area contributed by atoms with E-state index >= 15 is 0 Å². The standard InChI is InChI=1S/C24H26ClN7/c1-16-26-27-24-5-4-21-23(32(16)24)13-22(20-6-9-29(2)28-20)31(21)15-18-10-17(11-19(25)12-18)14-30-7-3-8-30/h4-6,9-13,21,23H,3,7-8,14-15H2,1-2H3. The normalized spacial score (nSPS) is 22.0. The van der Waals surface area contributed by atoms with Crippen molar-refractivity contribution >= 4 is 23.4 Å². The summed E-state index contributed by atoms with van der Waals surface area (Å²) < 4.78 is 4.08. The van der Waals surface area contributed by atoms with Gasteiger partial charge in [-0.15, -0.1) is 10.2 Å². The zero-order chi connectivity index (χ0) is 21.8. The molecule has 6 rings (SSSR count). The fraction of sp³-hybridized carbons (Fsp3) is 0.375. The van der Waals surface area contributed by atoms with Gasteiger partial charge in [-0.25, -0.2) is 0 Å². The van der Waals surface area contributed by atoms with Crippen molar-refractivity contribution in [3.63, 3.8) is 0 Å². The highest BCUT2D eigenvalue weighted by atomic mass is 35.5. The number of hydrogen-bond acceptors (Lipinski definition) is 5. The van der Waals surface area contributed by atoms with Crippen LogP contribution in [0.15, 0.2) is 42.6 Å². The van der Waals surface area contributed by atoms with E-state index in [-0.39, 0.29) is 12.1 Å². The van der Waals surface area contributed by atoms with Gasteiger partial charge in [0.15, 0.2) is 5.82 Å². The minimum Gasteiger partial charge on any atom is -0.357 e. The van der Waals surface area contributed by atoms with Crippen molar-refractivity contribution in [1.29, 1.82) is 0 Å². The fourth-order valence-electron chi connectivity index (χ4n) is 5.07. The van der Waals surface area contributed by atoms with Crippen LogP contribution in [0.3, 0.4) is 0 Å². The predicted octanol–water partition coefficient (Wildman–Crippen LogP) is 3.67. The van der Waals surface area contributed by atoms with Crippen molar-refractivity contribution in [3.8, 4) is 0 Å². The van der Waals surface area contributed by atoms with E-state index in [4.69, 9.17) is 16.7 Å². The molecule has 0 aliphatic carbocycles. The molecule has 0 N–H and O–H groups in total. The molecule has 7 nitrogen and oxygen atoms in total. The molecule has 0 spiro atoms. The van der Waals surface area contributed by atoms with E-state index in [0.29, 0.717) is 0 Å². The van der Waals surface area contributed by atoms with Gasteiger partial charge in [-0.2, -0.15) is 5.10 Å². The van der Waals surface area contributed by atoms with E-state index in [1.165, 1.54) is 30.6 Å². The highest BCUT2D eigenvalue weighted by Crippen LogP contribution is 2.41. The summed E-state index contributed by atoms with van der Waals surface area (Å²) in [5.74, 6) is 1.83. The average Bonchev–Trinajstić information content (AvgIpc) is 3.42. The molecule has 0 radical (unpaired) electrons. The van der Waals surface area contributed by atoms with Gasteiger partial charge < -0.3 is 9.47 Å². The number of aryl methyl sites for hydroxylation is 2. The zero-order valence-electron chi connectivity index (χ0n) is 18.3. The van der Waals surface area contributed by atoms with Gasteiger partial charge in [0.05, 0.1) is 17.8 Å². The number of benzene rings is 1. The Morgan fingerprint density at radius 3 is 2.59 bits per heavy atom. The van der Waals surface area contributed by atoms with Gasteiger partial charge in [0.1, 0.15) is 11.5 Å². The number of aromatic nitrogens is 5. The Hall–Kier alpha value is -2.90. The molecule has 0 amide bonds. The Labute approximate surface area is 192 Å². The summed E-state index contributed by atoms with van der Waals surface area (Å²) in [7, 11) is 1.96. The summed E-state index contributed by atoms with van der Waals surface area (Å²) in [5, 5.41) is 14.1. The van der Waals surface area contributed by atoms with Crippen molar-refractivity contribution in [2.45, 2.75) is 38.5 Å². The molecule has 1 fully saturated rings. The Morgan fingerprint density at radius 2 is 1.88 bits per heavy atom. The largest absolute Gasteiger partial charge is 0.357 e. The van der Waals surface area contributed by atoms with Crippen LogP contribution in [0.1, 0.15) is 40.9 Å². The molecule has 3 aromatic rings. The number of rotatable bonds is 5. The van der Waals surface area contributed by atoms with Gasteiger partial charge in [-0.3, -0.25) is 9.58 Å². The maximum atomic E-state index is 6.55. The molecule has 1 aromatic carbocycles. The molecule has 1 saturated heterocycles. The molecule has 32 heavy (non-hydrogen) atoms. The van der Waals surface area contributed by atoms with E-state index in [0.717, 1.165) is 41.2 Å². The number of halogens is 1. The molecule has 3 aliphatic rings. The van der Waals surface area contributed by atoms with E-state index in [2.05, 4.69) is 67.1 Å². The van der Waals surface area contributed by atoms with Crippen LogP contribution in [0, 0.1) is 6.92 Å². The van der Waals surface area contributed by atoms with Crippen LogP contribution < -0.4 is 0 Å². The van der Waals surface area contributed by atoms with Crippen LogP contribution >= 0.6 is 11.6 Å². The third-order valence-electron chi connectivity index (χ3n) is 6.68. The van der Waals surface area contributed by atoms with Crippen molar-refractivity contribution < 1.29 is 0 Å². The summed E-state index contributed by atoms with van der Waals surface area (Å²) >= 11 is 6.55. The monoisotopic (exact) mass is 447 g/mol. The molecule has 8 heteroatoms. The van der Waals surface area contributed by atoms with Crippen LogP contribution in [0.25, 0.3) is 11.8 Å². The highest BCUT2D eigenvalue weighted by Gasteiger charge is 2.39. The summed E-state index contributed by atoms with van der Waals surface area (Å²) in [6, 6.07) is 8.88. The number of hydrogen-bond donors (Lipinski definition) is 0.